The Hall–Kier alpha value is -2.27. The van der Waals surface area contributed by atoms with Gasteiger partial charge in [-0.15, -0.1) is 11.8 Å². The second-order valence-corrected chi connectivity index (χ2v) is 5.20. The quantitative estimate of drug-likeness (QED) is 0.748. The van der Waals surface area contributed by atoms with Crippen molar-refractivity contribution in [1.82, 2.24) is 9.55 Å². The molecule has 4 nitrogen and oxygen atoms in total. The highest BCUT2D eigenvalue weighted by Crippen LogP contribution is 2.22. The Bertz CT molecular complexity index is 778. The Labute approximate surface area is 120 Å². The maximum Gasteiger partial charge on any atom is 0.335 e. The first-order valence-corrected chi connectivity index (χ1v) is 7.26. The lowest BCUT2D eigenvalue weighted by Gasteiger charge is -2.05. The van der Waals surface area contributed by atoms with Crippen molar-refractivity contribution in [2.75, 3.05) is 6.26 Å². The molecule has 0 spiro atoms. The summed E-state index contributed by atoms with van der Waals surface area (Å²) in [5, 5.41) is 8.99. The zero-order valence-electron chi connectivity index (χ0n) is 10.8. The van der Waals surface area contributed by atoms with E-state index < -0.39 is 5.97 Å². The van der Waals surface area contributed by atoms with E-state index in [0.717, 1.165) is 11.2 Å². The topological polar surface area (TPSA) is 55.1 Å². The Morgan fingerprint density at radius 3 is 2.60 bits per heavy atom. The predicted octanol–water partition coefficient (Wildman–Crippen LogP) is 3.45. The first-order chi connectivity index (χ1) is 9.69. The van der Waals surface area contributed by atoms with Crippen molar-refractivity contribution < 1.29 is 9.90 Å². The second kappa shape index (κ2) is 5.02. The van der Waals surface area contributed by atoms with Gasteiger partial charge in [-0.05, 0) is 48.7 Å². The number of nitrogens with zero attached hydrogens (tertiary/aromatic N) is 2. The van der Waals surface area contributed by atoms with Crippen molar-refractivity contribution in [2.45, 2.75) is 4.90 Å². The molecule has 3 rings (SSSR count). The Morgan fingerprint density at radius 2 is 1.95 bits per heavy atom. The fraction of sp³-hybridized carbons (Fsp3) is 0.0667. The van der Waals surface area contributed by atoms with Crippen LogP contribution in [-0.2, 0) is 0 Å². The third kappa shape index (κ3) is 2.16. The molecule has 0 amide bonds. The van der Waals surface area contributed by atoms with Crippen molar-refractivity contribution >= 4 is 28.8 Å². The maximum absolute atomic E-state index is 11.0. The predicted molar refractivity (Wildman–Crippen MR) is 79.8 cm³/mol. The van der Waals surface area contributed by atoms with Crippen LogP contribution in [0, 0.1) is 0 Å². The van der Waals surface area contributed by atoms with Crippen LogP contribution in [0.25, 0.3) is 16.7 Å². The van der Waals surface area contributed by atoms with Gasteiger partial charge in [0.15, 0.2) is 0 Å². The average Bonchev–Trinajstić information content (AvgIpc) is 2.90. The van der Waals surface area contributed by atoms with E-state index >= 15 is 0 Å². The standard InChI is InChI=1S/C15H12N2O2S/c1-20-12-5-3-11(4-6-12)17-9-16-13-8-10(15(18)19)2-7-14(13)17/h2-9H,1H3,(H,18,19). The number of rotatable bonds is 3. The van der Waals surface area contributed by atoms with E-state index in [2.05, 4.69) is 17.1 Å². The smallest absolute Gasteiger partial charge is 0.335 e. The SMILES string of the molecule is CSc1ccc(-n2cnc3cc(C(=O)O)ccc32)cc1. The van der Waals surface area contributed by atoms with Crippen molar-refractivity contribution in [2.24, 2.45) is 0 Å². The van der Waals surface area contributed by atoms with Crippen LogP contribution in [0.4, 0.5) is 0 Å². The zero-order chi connectivity index (χ0) is 14.1. The number of hydrogen-bond donors (Lipinski definition) is 1. The Morgan fingerprint density at radius 1 is 1.20 bits per heavy atom. The molecule has 0 aliphatic carbocycles. The highest BCUT2D eigenvalue weighted by Gasteiger charge is 2.08. The fourth-order valence-electron chi connectivity index (χ4n) is 2.09. The minimum Gasteiger partial charge on any atom is -0.478 e. The van der Waals surface area contributed by atoms with Gasteiger partial charge < -0.3 is 5.11 Å². The lowest BCUT2D eigenvalue weighted by molar-refractivity contribution is 0.0697. The number of imidazole rings is 1. The molecule has 0 fully saturated rings. The third-order valence-electron chi connectivity index (χ3n) is 3.14. The molecule has 0 bridgehead atoms. The maximum atomic E-state index is 11.0. The number of aromatic carboxylic acids is 1. The molecule has 5 heteroatoms. The second-order valence-electron chi connectivity index (χ2n) is 4.32. The third-order valence-corrected chi connectivity index (χ3v) is 3.89. The molecule has 20 heavy (non-hydrogen) atoms. The van der Waals surface area contributed by atoms with Crippen LogP contribution >= 0.6 is 11.8 Å². The summed E-state index contributed by atoms with van der Waals surface area (Å²) in [6.45, 7) is 0. The summed E-state index contributed by atoms with van der Waals surface area (Å²) >= 11 is 1.69. The molecule has 0 saturated carbocycles. The van der Waals surface area contributed by atoms with Crippen molar-refractivity contribution in [3.8, 4) is 5.69 Å². The molecule has 0 radical (unpaired) electrons. The number of thioether (sulfide) groups is 1. The summed E-state index contributed by atoms with van der Waals surface area (Å²) in [5.74, 6) is -0.939. The first-order valence-electron chi connectivity index (χ1n) is 6.04. The summed E-state index contributed by atoms with van der Waals surface area (Å²) < 4.78 is 1.95. The molecular weight excluding hydrogens is 272 g/mol. The summed E-state index contributed by atoms with van der Waals surface area (Å²) in [5.41, 5.74) is 2.83. The molecule has 1 N–H and O–H groups in total. The summed E-state index contributed by atoms with van der Waals surface area (Å²) in [6.07, 6.45) is 3.75. The van der Waals surface area contributed by atoms with E-state index in [9.17, 15) is 4.79 Å². The molecule has 1 heterocycles. The van der Waals surface area contributed by atoms with Gasteiger partial charge in [0, 0.05) is 10.6 Å². The molecule has 3 aromatic rings. The van der Waals surface area contributed by atoms with E-state index in [4.69, 9.17) is 5.11 Å². The normalized spacial score (nSPS) is 10.8. The summed E-state index contributed by atoms with van der Waals surface area (Å²) in [4.78, 5) is 16.4. The molecule has 100 valence electrons. The van der Waals surface area contributed by atoms with Gasteiger partial charge in [-0.25, -0.2) is 9.78 Å². The zero-order valence-corrected chi connectivity index (χ0v) is 11.6. The lowest BCUT2D eigenvalue weighted by Crippen LogP contribution is -1.96. The molecule has 0 unspecified atom stereocenters. The number of hydrogen-bond acceptors (Lipinski definition) is 3. The van der Waals surface area contributed by atoms with Gasteiger partial charge in [0.25, 0.3) is 0 Å². The molecular formula is C15H12N2O2S. The van der Waals surface area contributed by atoms with Crippen molar-refractivity contribution in [3.05, 3.63) is 54.4 Å². The van der Waals surface area contributed by atoms with E-state index in [0.29, 0.717) is 5.52 Å². The molecule has 0 aliphatic heterocycles. The van der Waals surface area contributed by atoms with Crippen LogP contribution in [0.3, 0.4) is 0 Å². The van der Waals surface area contributed by atoms with Gasteiger partial charge in [0.05, 0.1) is 16.6 Å². The minimum absolute atomic E-state index is 0.250. The Kier molecular flexibility index (Phi) is 3.20. The monoisotopic (exact) mass is 284 g/mol. The largest absolute Gasteiger partial charge is 0.478 e. The Balaban J connectivity index is 2.09. The van der Waals surface area contributed by atoms with Crippen molar-refractivity contribution in [3.63, 3.8) is 0 Å². The molecule has 1 aromatic heterocycles. The van der Waals surface area contributed by atoms with Gasteiger partial charge in [-0.1, -0.05) is 0 Å². The summed E-state index contributed by atoms with van der Waals surface area (Å²) in [6, 6.07) is 13.1. The molecule has 0 saturated heterocycles. The number of carboxylic acid groups (broad SMARTS) is 1. The van der Waals surface area contributed by atoms with Crippen LogP contribution in [-0.4, -0.2) is 26.9 Å². The van der Waals surface area contributed by atoms with Crippen LogP contribution in [0.5, 0.6) is 0 Å². The first kappa shape index (κ1) is 12.7. The molecule has 0 aliphatic rings. The van der Waals surface area contributed by atoms with E-state index in [1.54, 1.807) is 36.3 Å². The number of carboxylic acids is 1. The van der Waals surface area contributed by atoms with Gasteiger partial charge in [-0.2, -0.15) is 0 Å². The molecule has 2 aromatic carbocycles. The molecule has 0 atom stereocenters. The van der Waals surface area contributed by atoms with E-state index in [1.807, 2.05) is 23.0 Å². The van der Waals surface area contributed by atoms with Gasteiger partial charge in [-0.3, -0.25) is 4.57 Å². The van der Waals surface area contributed by atoms with Gasteiger partial charge in [0.2, 0.25) is 0 Å². The average molecular weight is 284 g/mol. The minimum atomic E-state index is -0.939. The number of benzene rings is 2. The van der Waals surface area contributed by atoms with E-state index in [-0.39, 0.29) is 5.56 Å². The van der Waals surface area contributed by atoms with Gasteiger partial charge >= 0.3 is 5.97 Å². The fourth-order valence-corrected chi connectivity index (χ4v) is 2.50. The van der Waals surface area contributed by atoms with Gasteiger partial charge in [0.1, 0.15) is 6.33 Å². The van der Waals surface area contributed by atoms with E-state index in [1.165, 1.54) is 4.90 Å². The van der Waals surface area contributed by atoms with Crippen LogP contribution in [0.15, 0.2) is 53.7 Å². The number of aromatic nitrogens is 2. The van der Waals surface area contributed by atoms with Crippen molar-refractivity contribution in [1.29, 1.82) is 0 Å². The lowest BCUT2D eigenvalue weighted by atomic mass is 10.2. The van der Waals surface area contributed by atoms with Crippen LogP contribution in [0.1, 0.15) is 10.4 Å². The number of fused-ring (bicyclic) bond motifs is 1. The highest BCUT2D eigenvalue weighted by molar-refractivity contribution is 7.98. The number of carbonyl (C=O) groups is 1. The van der Waals surface area contributed by atoms with Crippen LogP contribution in [0.2, 0.25) is 0 Å². The highest BCUT2D eigenvalue weighted by atomic mass is 32.2. The summed E-state index contributed by atoms with van der Waals surface area (Å²) in [7, 11) is 0. The van der Waals surface area contributed by atoms with Crippen LogP contribution < -0.4 is 0 Å².